The number of pyridine rings is 2. The predicted octanol–water partition coefficient (Wildman–Crippen LogP) is 3.48. The largest absolute Gasteiger partial charge is 0.458 e. The molecule has 3 aromatic rings. The molecule has 4 heterocycles. The van der Waals surface area contributed by atoms with Crippen molar-refractivity contribution in [2.45, 2.75) is 70.5 Å². The van der Waals surface area contributed by atoms with Crippen LogP contribution in [0.3, 0.4) is 0 Å². The first kappa shape index (κ1) is 25.6. The van der Waals surface area contributed by atoms with Gasteiger partial charge in [0, 0.05) is 28.4 Å². The van der Waals surface area contributed by atoms with E-state index in [1.165, 1.54) is 6.92 Å². The average molecular weight is 541 g/mol. The number of hydrogen-bond donors (Lipinski definition) is 1. The summed E-state index contributed by atoms with van der Waals surface area (Å²) in [6.07, 6.45) is 0.874. The van der Waals surface area contributed by atoms with Crippen molar-refractivity contribution in [3.8, 4) is 17.1 Å². The van der Waals surface area contributed by atoms with Crippen molar-refractivity contribution >= 4 is 47.7 Å². The third-order valence-electron chi connectivity index (χ3n) is 7.73. The molecule has 194 valence electrons. The summed E-state index contributed by atoms with van der Waals surface area (Å²) in [5, 5.41) is 12.8. The van der Waals surface area contributed by atoms with Crippen LogP contribution in [0.25, 0.3) is 22.3 Å². The Bertz CT molecular complexity index is 1550. The summed E-state index contributed by atoms with van der Waals surface area (Å²) >= 11 is 6.81. The number of rotatable bonds is 5. The van der Waals surface area contributed by atoms with E-state index in [1.54, 1.807) is 23.6 Å². The molecule has 0 radical (unpaired) electrons. The topological polar surface area (TPSA) is 108 Å². The van der Waals surface area contributed by atoms with Gasteiger partial charge in [0.1, 0.15) is 20.4 Å². The van der Waals surface area contributed by atoms with E-state index in [0.717, 1.165) is 17.2 Å². The van der Waals surface area contributed by atoms with Gasteiger partial charge in [-0.2, -0.15) is 0 Å². The van der Waals surface area contributed by atoms with Crippen molar-refractivity contribution in [1.82, 2.24) is 9.55 Å². The molecule has 0 fully saturated rings. The first-order chi connectivity index (χ1) is 17.4. The molecule has 0 saturated heterocycles. The molecule has 0 spiro atoms. The number of carbonyl (C=O) groups is 2. The molecular weight excluding hydrogens is 512 g/mol. The first-order valence-corrected chi connectivity index (χ1v) is 15.9. The Hall–Kier alpha value is -3.01. The number of esters is 2. The van der Waals surface area contributed by atoms with Crippen molar-refractivity contribution < 1.29 is 24.2 Å². The second kappa shape index (κ2) is 8.78. The van der Waals surface area contributed by atoms with Crippen molar-refractivity contribution in [3.05, 3.63) is 51.3 Å². The molecule has 0 aliphatic carbocycles. The Morgan fingerprint density at radius 3 is 2.68 bits per heavy atom. The smallest absolute Gasteiger partial charge is 0.343 e. The van der Waals surface area contributed by atoms with Crippen LogP contribution >= 0.6 is 11.6 Å². The van der Waals surface area contributed by atoms with E-state index in [4.69, 9.17) is 26.1 Å². The lowest BCUT2D eigenvalue weighted by molar-refractivity contribution is -0.172. The number of carbonyl (C=O) groups excluding carboxylic acids is 2. The number of alkyl halides is 1. The SMILES string of the molecule is CCC(Cl)[Si](C)(C)c1ccc(OC(C)=O)c2cc3c(nc12)-c1cc2c(c(=O)n1C3)COC(=O)[C@]2(O)CC. The van der Waals surface area contributed by atoms with Crippen molar-refractivity contribution in [2.75, 3.05) is 0 Å². The minimum absolute atomic E-state index is 0.0437. The molecule has 0 bridgehead atoms. The van der Waals surface area contributed by atoms with Crippen LogP contribution in [0.15, 0.2) is 29.1 Å². The average Bonchev–Trinajstić information content (AvgIpc) is 3.22. The highest BCUT2D eigenvalue weighted by molar-refractivity contribution is 6.96. The Morgan fingerprint density at radius 1 is 1.30 bits per heavy atom. The number of benzene rings is 1. The highest BCUT2D eigenvalue weighted by Crippen LogP contribution is 2.40. The van der Waals surface area contributed by atoms with Gasteiger partial charge in [0.15, 0.2) is 5.60 Å². The minimum Gasteiger partial charge on any atom is -0.458 e. The van der Waals surface area contributed by atoms with Gasteiger partial charge in [-0.1, -0.05) is 33.0 Å². The number of nitrogens with zero attached hydrogens (tertiary/aromatic N) is 2. The Balaban J connectivity index is 1.81. The van der Waals surface area contributed by atoms with Crippen LogP contribution in [0, 0.1) is 0 Å². The Labute approximate surface area is 220 Å². The minimum atomic E-state index is -2.21. The molecule has 1 aromatic carbocycles. The number of ether oxygens (including phenoxy) is 2. The summed E-state index contributed by atoms with van der Waals surface area (Å²) < 4.78 is 12.3. The fourth-order valence-electron chi connectivity index (χ4n) is 5.48. The van der Waals surface area contributed by atoms with E-state index in [-0.39, 0.29) is 41.3 Å². The monoisotopic (exact) mass is 540 g/mol. The molecule has 10 heteroatoms. The van der Waals surface area contributed by atoms with Crippen LogP contribution < -0.4 is 15.5 Å². The molecule has 0 saturated carbocycles. The van der Waals surface area contributed by atoms with Gasteiger partial charge in [0.25, 0.3) is 5.56 Å². The van der Waals surface area contributed by atoms with Crippen molar-refractivity contribution in [2.24, 2.45) is 0 Å². The van der Waals surface area contributed by atoms with Gasteiger partial charge in [-0.15, -0.1) is 11.6 Å². The van der Waals surface area contributed by atoms with E-state index in [2.05, 4.69) is 20.0 Å². The number of aliphatic hydroxyl groups is 1. The summed E-state index contributed by atoms with van der Waals surface area (Å²) in [4.78, 5) is 42.9. The standard InChI is InChI=1S/C27H29ClN2O6Si/c1-6-22(28)37(4,5)21-9-8-20(36-14(3)31)16-10-15-12-30-19(23(15)29-24(16)21)11-18-17(25(30)32)13-35-26(33)27(18,34)7-2/h8-11,22,34H,6-7,12-13H2,1-5H3/t22?,27-/m0/s1. The number of aromatic nitrogens is 2. The molecule has 37 heavy (non-hydrogen) atoms. The molecule has 0 amide bonds. The molecule has 2 aliphatic rings. The maximum atomic E-state index is 13.5. The van der Waals surface area contributed by atoms with E-state index >= 15 is 0 Å². The Morgan fingerprint density at radius 2 is 2.03 bits per heavy atom. The van der Waals surface area contributed by atoms with Gasteiger partial charge in [0.2, 0.25) is 0 Å². The van der Waals surface area contributed by atoms with Gasteiger partial charge in [0.05, 0.1) is 29.0 Å². The zero-order chi connectivity index (χ0) is 26.9. The van der Waals surface area contributed by atoms with E-state index in [1.807, 2.05) is 12.1 Å². The highest BCUT2D eigenvalue weighted by Gasteiger charge is 2.45. The number of cyclic esters (lactones) is 1. The molecule has 2 aliphatic heterocycles. The zero-order valence-electron chi connectivity index (χ0n) is 21.5. The highest BCUT2D eigenvalue weighted by atomic mass is 35.5. The van der Waals surface area contributed by atoms with Gasteiger partial charge < -0.3 is 19.1 Å². The molecule has 2 atom stereocenters. The fourth-order valence-corrected chi connectivity index (χ4v) is 8.51. The third-order valence-corrected chi connectivity index (χ3v) is 13.4. The molecule has 5 rings (SSSR count). The van der Waals surface area contributed by atoms with E-state index in [0.29, 0.717) is 28.0 Å². The predicted molar refractivity (Wildman–Crippen MR) is 143 cm³/mol. The number of fused-ring (bicyclic) bond motifs is 5. The quantitative estimate of drug-likeness (QED) is 0.179. The maximum Gasteiger partial charge on any atom is 0.343 e. The number of hydrogen-bond acceptors (Lipinski definition) is 7. The summed E-state index contributed by atoms with van der Waals surface area (Å²) in [6, 6.07) is 7.34. The van der Waals surface area contributed by atoms with Crippen LogP contribution in [0.2, 0.25) is 13.1 Å². The van der Waals surface area contributed by atoms with Crippen LogP contribution in [-0.4, -0.2) is 39.7 Å². The van der Waals surface area contributed by atoms with E-state index < -0.39 is 25.6 Å². The van der Waals surface area contributed by atoms with Crippen LogP contribution in [0.5, 0.6) is 5.75 Å². The van der Waals surface area contributed by atoms with Crippen LogP contribution in [0.4, 0.5) is 0 Å². The Kier molecular flexibility index (Phi) is 6.08. The third kappa shape index (κ3) is 3.74. The normalized spacial score (nSPS) is 19.2. The lowest BCUT2D eigenvalue weighted by Crippen LogP contribution is -2.50. The summed E-state index contributed by atoms with van der Waals surface area (Å²) in [5.74, 6) is -0.799. The maximum absolute atomic E-state index is 13.5. The van der Waals surface area contributed by atoms with Crippen LogP contribution in [-0.2, 0) is 33.1 Å². The molecule has 8 nitrogen and oxygen atoms in total. The van der Waals surface area contributed by atoms with Gasteiger partial charge >= 0.3 is 11.9 Å². The summed E-state index contributed by atoms with van der Waals surface area (Å²) in [5.41, 5.74) is 0.912. The molecule has 1 unspecified atom stereocenters. The fraction of sp³-hybridized carbons (Fsp3) is 0.407. The lowest BCUT2D eigenvalue weighted by atomic mass is 9.86. The first-order valence-electron chi connectivity index (χ1n) is 12.4. The molecule has 1 N–H and O–H groups in total. The molecular formula is C27H29ClN2O6Si. The van der Waals surface area contributed by atoms with Crippen molar-refractivity contribution in [3.63, 3.8) is 0 Å². The van der Waals surface area contributed by atoms with Gasteiger partial charge in [-0.3, -0.25) is 9.59 Å². The van der Waals surface area contributed by atoms with E-state index in [9.17, 15) is 19.5 Å². The second-order valence-corrected chi connectivity index (χ2v) is 15.9. The summed E-state index contributed by atoms with van der Waals surface area (Å²) in [6.45, 7) is 9.52. The molecule has 2 aromatic heterocycles. The van der Waals surface area contributed by atoms with Crippen molar-refractivity contribution in [1.29, 1.82) is 0 Å². The second-order valence-electron chi connectivity index (χ2n) is 10.3. The summed E-state index contributed by atoms with van der Waals surface area (Å²) in [7, 11) is -2.21. The van der Waals surface area contributed by atoms with Gasteiger partial charge in [-0.05, 0) is 36.2 Å². The van der Waals surface area contributed by atoms with Gasteiger partial charge in [-0.25, -0.2) is 9.78 Å². The van der Waals surface area contributed by atoms with Crippen LogP contribution in [0.1, 0.15) is 50.3 Å². The number of halogens is 1. The zero-order valence-corrected chi connectivity index (χ0v) is 23.2. The lowest BCUT2D eigenvalue weighted by Gasteiger charge is -2.31.